The lowest BCUT2D eigenvalue weighted by Gasteiger charge is -2.11. The summed E-state index contributed by atoms with van der Waals surface area (Å²) in [5, 5.41) is 11.1. The summed E-state index contributed by atoms with van der Waals surface area (Å²) in [6, 6.07) is 11.1. The predicted octanol–water partition coefficient (Wildman–Crippen LogP) is 6.31. The number of nitrogens with one attached hydrogen (secondary N) is 1. The number of aliphatic imine (C=N–C) groups is 1. The van der Waals surface area contributed by atoms with E-state index in [1.807, 2.05) is 6.07 Å². The number of allylic oxidation sites excluding steroid dienone is 1. The molecule has 0 saturated heterocycles. The average molecular weight is 597 g/mol. The van der Waals surface area contributed by atoms with E-state index >= 15 is 0 Å². The number of aromatic nitrogens is 1. The zero-order valence-corrected chi connectivity index (χ0v) is 22.3. The number of thioether (sulfide) groups is 1. The predicted molar refractivity (Wildman–Crippen MR) is 148 cm³/mol. The highest BCUT2D eigenvalue weighted by Crippen LogP contribution is 2.36. The zero-order valence-electron chi connectivity index (χ0n) is 20.0. The Morgan fingerprint density at radius 3 is 2.62 bits per heavy atom. The van der Waals surface area contributed by atoms with Crippen molar-refractivity contribution in [3.63, 3.8) is 0 Å². The standard InChI is InChI=1S/C26H21Cl2F3N4O3S/c27-18-9-20(23(37)17(11-32)12-33-19-4-5-22(28)21(10-19)26(29,30)31)24(34-13-18)35-25(38)16-3-1-2-15(8-16)14-39-7-6-36/h1-5,8-13,36H,6-7,14,32H2,(H,34,35,38)/b17-11+,33-12?. The SMILES string of the molecule is N/C=C(\C=Nc1ccc(Cl)c(C(F)(F)F)c1)C(=O)c1cc(Cl)cnc1NC(=O)c1cccc(CSCCO)c1. The van der Waals surface area contributed by atoms with Gasteiger partial charge in [-0.1, -0.05) is 35.3 Å². The lowest BCUT2D eigenvalue weighted by atomic mass is 10.1. The molecule has 0 fully saturated rings. The number of carbonyl (C=O) groups is 2. The van der Waals surface area contributed by atoms with Crippen LogP contribution in [-0.2, 0) is 11.9 Å². The number of anilines is 1. The monoisotopic (exact) mass is 596 g/mol. The van der Waals surface area contributed by atoms with Crippen LogP contribution in [0.2, 0.25) is 10.0 Å². The second-order valence-electron chi connectivity index (χ2n) is 7.85. The second-order valence-corrected chi connectivity index (χ2v) is 9.80. The molecule has 4 N–H and O–H groups in total. The number of aliphatic hydroxyl groups is 1. The van der Waals surface area contributed by atoms with Crippen molar-refractivity contribution in [2.24, 2.45) is 10.7 Å². The molecule has 0 aliphatic rings. The number of carbonyl (C=O) groups excluding carboxylic acids is 2. The summed E-state index contributed by atoms with van der Waals surface area (Å²) in [5.41, 5.74) is 5.29. The fraction of sp³-hybridized carbons (Fsp3) is 0.154. The van der Waals surface area contributed by atoms with Gasteiger partial charge in [0.1, 0.15) is 5.82 Å². The van der Waals surface area contributed by atoms with Gasteiger partial charge >= 0.3 is 6.18 Å². The summed E-state index contributed by atoms with van der Waals surface area (Å²) in [4.78, 5) is 34.2. The van der Waals surface area contributed by atoms with Crippen LogP contribution >= 0.6 is 35.0 Å². The number of pyridine rings is 1. The van der Waals surface area contributed by atoms with Gasteiger partial charge in [-0.15, -0.1) is 0 Å². The first-order valence-corrected chi connectivity index (χ1v) is 13.1. The second kappa shape index (κ2) is 13.6. The minimum absolute atomic E-state index is 0.0438. The molecule has 7 nitrogen and oxygen atoms in total. The van der Waals surface area contributed by atoms with Crippen molar-refractivity contribution in [3.8, 4) is 0 Å². The van der Waals surface area contributed by atoms with E-state index in [4.69, 9.17) is 34.0 Å². The Hall–Kier alpha value is -3.38. The van der Waals surface area contributed by atoms with E-state index in [0.717, 1.165) is 30.1 Å². The number of nitrogens with zero attached hydrogens (tertiary/aromatic N) is 2. The number of halogens is 5. The van der Waals surface area contributed by atoms with Crippen LogP contribution in [-0.4, -0.2) is 40.4 Å². The molecule has 1 aromatic heterocycles. The van der Waals surface area contributed by atoms with Crippen molar-refractivity contribution in [1.29, 1.82) is 0 Å². The minimum atomic E-state index is -4.69. The van der Waals surface area contributed by atoms with E-state index in [2.05, 4.69) is 15.3 Å². The third-order valence-electron chi connectivity index (χ3n) is 5.07. The van der Waals surface area contributed by atoms with Crippen molar-refractivity contribution in [2.45, 2.75) is 11.9 Å². The van der Waals surface area contributed by atoms with Crippen LogP contribution in [0.1, 0.15) is 31.8 Å². The molecular formula is C26H21Cl2F3N4O3S. The number of hydrogen-bond donors (Lipinski definition) is 3. The first-order chi connectivity index (χ1) is 18.5. The highest BCUT2D eigenvalue weighted by Gasteiger charge is 2.33. The number of benzene rings is 2. The molecule has 39 heavy (non-hydrogen) atoms. The third-order valence-corrected chi connectivity index (χ3v) is 6.62. The molecule has 0 radical (unpaired) electrons. The van der Waals surface area contributed by atoms with Gasteiger partial charge in [-0.2, -0.15) is 24.9 Å². The molecule has 2 aromatic carbocycles. The number of nitrogens with two attached hydrogens (primary N) is 1. The molecule has 0 aliphatic carbocycles. The van der Waals surface area contributed by atoms with E-state index in [1.54, 1.807) is 18.2 Å². The normalized spacial score (nSPS) is 12.1. The van der Waals surface area contributed by atoms with Crippen LogP contribution in [0, 0.1) is 0 Å². The van der Waals surface area contributed by atoms with Crippen LogP contribution in [0.25, 0.3) is 0 Å². The molecule has 0 spiro atoms. The molecule has 3 rings (SSSR count). The van der Waals surface area contributed by atoms with Crippen molar-refractivity contribution in [1.82, 2.24) is 4.98 Å². The van der Waals surface area contributed by atoms with E-state index in [1.165, 1.54) is 30.1 Å². The smallest absolute Gasteiger partial charge is 0.404 e. The first-order valence-electron chi connectivity index (χ1n) is 11.2. The summed E-state index contributed by atoms with van der Waals surface area (Å²) >= 11 is 13.2. The molecule has 204 valence electrons. The number of alkyl halides is 3. The fourth-order valence-electron chi connectivity index (χ4n) is 3.24. The Morgan fingerprint density at radius 2 is 1.92 bits per heavy atom. The number of aliphatic hydroxyl groups excluding tert-OH is 1. The van der Waals surface area contributed by atoms with Gasteiger partial charge in [0.05, 0.1) is 39.0 Å². The Morgan fingerprint density at radius 1 is 1.15 bits per heavy atom. The van der Waals surface area contributed by atoms with Gasteiger partial charge in [0.2, 0.25) is 0 Å². The van der Waals surface area contributed by atoms with Gasteiger partial charge < -0.3 is 16.2 Å². The summed E-state index contributed by atoms with van der Waals surface area (Å²) in [6.45, 7) is 0.0438. The molecule has 0 saturated carbocycles. The van der Waals surface area contributed by atoms with Gasteiger partial charge in [-0.3, -0.25) is 14.6 Å². The number of rotatable bonds is 10. The minimum Gasteiger partial charge on any atom is -0.404 e. The lowest BCUT2D eigenvalue weighted by Crippen LogP contribution is -2.17. The quantitative estimate of drug-likeness (QED) is 0.109. The lowest BCUT2D eigenvalue weighted by molar-refractivity contribution is -0.137. The van der Waals surface area contributed by atoms with Gasteiger partial charge in [0, 0.05) is 35.7 Å². The van der Waals surface area contributed by atoms with E-state index < -0.39 is 28.5 Å². The number of Topliss-reactive ketones (excluding diaryl/α,β-unsaturated/α-hetero) is 1. The number of ketones is 1. The molecule has 0 bridgehead atoms. The topological polar surface area (TPSA) is 118 Å². The van der Waals surface area contributed by atoms with Crippen LogP contribution in [0.4, 0.5) is 24.7 Å². The van der Waals surface area contributed by atoms with Gasteiger partial charge in [-0.25, -0.2) is 4.98 Å². The van der Waals surface area contributed by atoms with Gasteiger partial charge in [0.15, 0.2) is 5.78 Å². The molecular weight excluding hydrogens is 576 g/mol. The zero-order chi connectivity index (χ0) is 28.6. The van der Waals surface area contributed by atoms with Gasteiger partial charge in [-0.05, 0) is 42.0 Å². The molecule has 13 heteroatoms. The highest BCUT2D eigenvalue weighted by molar-refractivity contribution is 7.98. The van der Waals surface area contributed by atoms with E-state index in [0.29, 0.717) is 17.1 Å². The maximum Gasteiger partial charge on any atom is 0.417 e. The fourth-order valence-corrected chi connectivity index (χ4v) is 4.31. The molecule has 0 atom stereocenters. The van der Waals surface area contributed by atoms with Crippen molar-refractivity contribution in [2.75, 3.05) is 17.7 Å². The first kappa shape index (κ1) is 30.2. The van der Waals surface area contributed by atoms with E-state index in [9.17, 15) is 22.8 Å². The maximum absolute atomic E-state index is 13.3. The molecule has 1 amide bonds. The summed E-state index contributed by atoms with van der Waals surface area (Å²) < 4.78 is 39.5. The number of amides is 1. The largest absolute Gasteiger partial charge is 0.417 e. The summed E-state index contributed by atoms with van der Waals surface area (Å²) in [6.07, 6.45) is -1.54. The highest BCUT2D eigenvalue weighted by atomic mass is 35.5. The third kappa shape index (κ3) is 8.30. The maximum atomic E-state index is 13.3. The summed E-state index contributed by atoms with van der Waals surface area (Å²) in [5.74, 6) is -0.232. The number of hydrogen-bond acceptors (Lipinski definition) is 7. The Bertz CT molecular complexity index is 1430. The Kier molecular flexibility index (Phi) is 10.5. The van der Waals surface area contributed by atoms with Crippen molar-refractivity contribution in [3.05, 3.63) is 98.8 Å². The Labute approximate surface area is 235 Å². The van der Waals surface area contributed by atoms with Crippen LogP contribution in [0.3, 0.4) is 0 Å². The van der Waals surface area contributed by atoms with Crippen LogP contribution < -0.4 is 11.1 Å². The molecule has 3 aromatic rings. The van der Waals surface area contributed by atoms with Crippen LogP contribution in [0.5, 0.6) is 0 Å². The van der Waals surface area contributed by atoms with E-state index in [-0.39, 0.29) is 34.3 Å². The molecule has 0 aliphatic heterocycles. The average Bonchev–Trinajstić information content (AvgIpc) is 2.90. The Balaban J connectivity index is 1.85. The van der Waals surface area contributed by atoms with Crippen LogP contribution in [0.15, 0.2) is 71.5 Å². The van der Waals surface area contributed by atoms with Crippen molar-refractivity contribution < 1.29 is 27.9 Å². The molecule has 0 unspecified atom stereocenters. The van der Waals surface area contributed by atoms with Crippen molar-refractivity contribution >= 4 is 64.4 Å². The van der Waals surface area contributed by atoms with Gasteiger partial charge in [0.25, 0.3) is 5.91 Å². The summed E-state index contributed by atoms with van der Waals surface area (Å²) in [7, 11) is 0. The molecule has 1 heterocycles.